The molecule has 0 aromatic carbocycles. The number of aryl methyl sites for hydroxylation is 1. The molecule has 1 unspecified atom stereocenters. The molecular weight excluding hydrogens is 200 g/mol. The van der Waals surface area contributed by atoms with E-state index in [1.807, 2.05) is 12.3 Å². The van der Waals surface area contributed by atoms with Crippen LogP contribution in [0.3, 0.4) is 0 Å². The van der Waals surface area contributed by atoms with E-state index >= 15 is 0 Å². The molecular formula is C9H16N2O2S. The summed E-state index contributed by atoms with van der Waals surface area (Å²) in [7, 11) is 0. The van der Waals surface area contributed by atoms with E-state index in [9.17, 15) is 0 Å². The summed E-state index contributed by atoms with van der Waals surface area (Å²) in [5.41, 5.74) is 1.08. The van der Waals surface area contributed by atoms with Gasteiger partial charge in [-0.3, -0.25) is 0 Å². The van der Waals surface area contributed by atoms with Gasteiger partial charge in [-0.1, -0.05) is 0 Å². The topological polar surface area (TPSA) is 65.4 Å². The number of aliphatic hydroxyl groups is 2. The average Bonchev–Trinajstić information content (AvgIpc) is 2.58. The molecule has 1 aromatic heterocycles. The Balaban J connectivity index is 2.10. The Kier molecular flexibility index (Phi) is 5.03. The van der Waals surface area contributed by atoms with Crippen LogP contribution in [0.4, 0.5) is 0 Å². The van der Waals surface area contributed by atoms with Gasteiger partial charge in [0.2, 0.25) is 0 Å². The smallest absolute Gasteiger partial charge is 0.0897 e. The van der Waals surface area contributed by atoms with Crippen molar-refractivity contribution in [2.75, 3.05) is 19.7 Å². The van der Waals surface area contributed by atoms with Crippen LogP contribution in [0.1, 0.15) is 10.7 Å². The zero-order chi connectivity index (χ0) is 10.4. The van der Waals surface area contributed by atoms with E-state index in [1.165, 1.54) is 0 Å². The lowest BCUT2D eigenvalue weighted by atomic mass is 10.3. The van der Waals surface area contributed by atoms with Gasteiger partial charge in [0.15, 0.2) is 0 Å². The Morgan fingerprint density at radius 3 is 3.00 bits per heavy atom. The van der Waals surface area contributed by atoms with E-state index < -0.39 is 6.10 Å². The van der Waals surface area contributed by atoms with Gasteiger partial charge in [0, 0.05) is 24.9 Å². The fraction of sp³-hybridized carbons (Fsp3) is 0.667. The molecule has 0 saturated carbocycles. The highest BCUT2D eigenvalue weighted by Crippen LogP contribution is 2.07. The predicted octanol–water partition coefficient (Wildman–Crippen LogP) is -0.0632. The Morgan fingerprint density at radius 2 is 2.43 bits per heavy atom. The summed E-state index contributed by atoms with van der Waals surface area (Å²) < 4.78 is 0. The molecule has 1 heterocycles. The Morgan fingerprint density at radius 1 is 1.64 bits per heavy atom. The largest absolute Gasteiger partial charge is 0.394 e. The Bertz CT molecular complexity index is 265. The fourth-order valence-electron chi connectivity index (χ4n) is 1.07. The molecule has 0 aliphatic rings. The van der Waals surface area contributed by atoms with Crippen molar-refractivity contribution in [2.24, 2.45) is 0 Å². The molecule has 0 amide bonds. The van der Waals surface area contributed by atoms with Crippen molar-refractivity contribution >= 4 is 11.3 Å². The second-order valence-corrected chi connectivity index (χ2v) is 4.21. The predicted molar refractivity (Wildman–Crippen MR) is 56.5 cm³/mol. The third kappa shape index (κ3) is 4.15. The van der Waals surface area contributed by atoms with Crippen molar-refractivity contribution in [3.8, 4) is 0 Å². The first-order valence-electron chi connectivity index (χ1n) is 4.63. The zero-order valence-electron chi connectivity index (χ0n) is 8.23. The average molecular weight is 216 g/mol. The Labute approximate surface area is 87.6 Å². The molecule has 3 N–H and O–H groups in total. The van der Waals surface area contributed by atoms with Gasteiger partial charge in [0.05, 0.1) is 23.4 Å². The third-order valence-electron chi connectivity index (χ3n) is 1.82. The zero-order valence-corrected chi connectivity index (χ0v) is 9.05. The van der Waals surface area contributed by atoms with Crippen molar-refractivity contribution in [2.45, 2.75) is 19.4 Å². The number of thiazole rings is 1. The van der Waals surface area contributed by atoms with E-state index in [0.29, 0.717) is 6.54 Å². The lowest BCUT2D eigenvalue weighted by Crippen LogP contribution is -2.30. The molecule has 4 nitrogen and oxygen atoms in total. The van der Waals surface area contributed by atoms with Crippen LogP contribution in [0.2, 0.25) is 0 Å². The molecule has 1 atom stereocenters. The first-order valence-corrected chi connectivity index (χ1v) is 5.51. The molecule has 0 aliphatic heterocycles. The lowest BCUT2D eigenvalue weighted by Gasteiger charge is -2.07. The summed E-state index contributed by atoms with van der Waals surface area (Å²) in [6, 6.07) is 0. The molecule has 5 heteroatoms. The van der Waals surface area contributed by atoms with Crippen molar-refractivity contribution in [3.05, 3.63) is 16.1 Å². The summed E-state index contributed by atoms with van der Waals surface area (Å²) in [6.07, 6.45) is 0.204. The monoisotopic (exact) mass is 216 g/mol. The molecule has 0 spiro atoms. The standard InChI is InChI=1S/C9H16N2O2S/c1-7-11-8(6-14-7)2-3-10-4-9(13)5-12/h6,9-10,12-13H,2-5H2,1H3. The van der Waals surface area contributed by atoms with Gasteiger partial charge in [0.1, 0.15) is 0 Å². The first kappa shape index (κ1) is 11.6. The van der Waals surface area contributed by atoms with E-state index in [-0.39, 0.29) is 6.61 Å². The summed E-state index contributed by atoms with van der Waals surface area (Å²) in [5, 5.41) is 23.8. The van der Waals surface area contributed by atoms with Crippen molar-refractivity contribution in [1.82, 2.24) is 10.3 Å². The summed E-state index contributed by atoms with van der Waals surface area (Å²) in [5.74, 6) is 0. The van der Waals surface area contributed by atoms with Crippen LogP contribution in [0.25, 0.3) is 0 Å². The molecule has 1 aromatic rings. The van der Waals surface area contributed by atoms with Gasteiger partial charge >= 0.3 is 0 Å². The van der Waals surface area contributed by atoms with Gasteiger partial charge in [-0.15, -0.1) is 11.3 Å². The van der Waals surface area contributed by atoms with E-state index in [1.54, 1.807) is 11.3 Å². The van der Waals surface area contributed by atoms with Crippen molar-refractivity contribution < 1.29 is 10.2 Å². The molecule has 14 heavy (non-hydrogen) atoms. The number of aliphatic hydroxyl groups excluding tert-OH is 2. The minimum atomic E-state index is -0.660. The number of nitrogens with one attached hydrogen (secondary N) is 1. The third-order valence-corrected chi connectivity index (χ3v) is 2.64. The number of hydrogen-bond acceptors (Lipinski definition) is 5. The first-order chi connectivity index (χ1) is 6.72. The summed E-state index contributed by atoms with van der Waals surface area (Å²) in [4.78, 5) is 4.31. The minimum Gasteiger partial charge on any atom is -0.394 e. The molecule has 0 fully saturated rings. The van der Waals surface area contributed by atoms with Crippen molar-refractivity contribution in [3.63, 3.8) is 0 Å². The van der Waals surface area contributed by atoms with Gasteiger partial charge in [0.25, 0.3) is 0 Å². The highest BCUT2D eigenvalue weighted by atomic mass is 32.1. The molecule has 0 aliphatic carbocycles. The van der Waals surface area contributed by atoms with Gasteiger partial charge in [-0.2, -0.15) is 0 Å². The highest BCUT2D eigenvalue weighted by molar-refractivity contribution is 7.09. The normalized spacial score (nSPS) is 13.1. The van der Waals surface area contributed by atoms with Gasteiger partial charge in [-0.05, 0) is 6.92 Å². The maximum Gasteiger partial charge on any atom is 0.0897 e. The Hall–Kier alpha value is -0.490. The molecule has 1 rings (SSSR count). The number of aromatic nitrogens is 1. The SMILES string of the molecule is Cc1nc(CCNCC(O)CO)cs1. The van der Waals surface area contributed by atoms with Gasteiger partial charge < -0.3 is 15.5 Å². The molecule has 0 bridgehead atoms. The van der Waals surface area contributed by atoms with Crippen LogP contribution in [0, 0.1) is 6.92 Å². The van der Waals surface area contributed by atoms with E-state index in [4.69, 9.17) is 10.2 Å². The van der Waals surface area contributed by atoms with Crippen molar-refractivity contribution in [1.29, 1.82) is 0 Å². The molecule has 0 saturated heterocycles. The highest BCUT2D eigenvalue weighted by Gasteiger charge is 2.01. The summed E-state index contributed by atoms with van der Waals surface area (Å²) in [6.45, 7) is 3.00. The van der Waals surface area contributed by atoms with E-state index in [2.05, 4.69) is 10.3 Å². The minimum absolute atomic E-state index is 0.192. The lowest BCUT2D eigenvalue weighted by molar-refractivity contribution is 0.0947. The number of rotatable bonds is 6. The van der Waals surface area contributed by atoms with Crippen LogP contribution in [-0.4, -0.2) is 41.0 Å². The van der Waals surface area contributed by atoms with Crippen LogP contribution < -0.4 is 5.32 Å². The maximum absolute atomic E-state index is 9.03. The van der Waals surface area contributed by atoms with E-state index in [0.717, 1.165) is 23.7 Å². The second-order valence-electron chi connectivity index (χ2n) is 3.15. The quantitative estimate of drug-likeness (QED) is 0.583. The van der Waals surface area contributed by atoms with Crippen LogP contribution in [-0.2, 0) is 6.42 Å². The summed E-state index contributed by atoms with van der Waals surface area (Å²) >= 11 is 1.64. The molecule has 80 valence electrons. The van der Waals surface area contributed by atoms with Crippen LogP contribution in [0.15, 0.2) is 5.38 Å². The maximum atomic E-state index is 9.03. The molecule has 0 radical (unpaired) electrons. The van der Waals surface area contributed by atoms with Crippen LogP contribution >= 0.6 is 11.3 Å². The second kappa shape index (κ2) is 6.08. The van der Waals surface area contributed by atoms with Gasteiger partial charge in [-0.25, -0.2) is 4.98 Å². The number of nitrogens with zero attached hydrogens (tertiary/aromatic N) is 1. The number of hydrogen-bond donors (Lipinski definition) is 3. The van der Waals surface area contributed by atoms with Crippen LogP contribution in [0.5, 0.6) is 0 Å². The fourth-order valence-corrected chi connectivity index (χ4v) is 1.72.